The lowest BCUT2D eigenvalue weighted by atomic mass is 9.80. The van der Waals surface area contributed by atoms with E-state index in [0.717, 1.165) is 19.6 Å². The van der Waals surface area contributed by atoms with E-state index in [0.29, 0.717) is 12.0 Å². The van der Waals surface area contributed by atoms with Crippen molar-refractivity contribution in [3.8, 4) is 0 Å². The van der Waals surface area contributed by atoms with Crippen molar-refractivity contribution < 1.29 is 4.74 Å². The summed E-state index contributed by atoms with van der Waals surface area (Å²) in [5.41, 5.74) is 8.91. The summed E-state index contributed by atoms with van der Waals surface area (Å²) in [4.78, 5) is 2.38. The molecule has 1 saturated heterocycles. The van der Waals surface area contributed by atoms with Crippen LogP contribution in [0.4, 0.5) is 5.69 Å². The van der Waals surface area contributed by atoms with Gasteiger partial charge in [0, 0.05) is 37.3 Å². The first-order valence-corrected chi connectivity index (χ1v) is 5.94. The van der Waals surface area contributed by atoms with E-state index >= 15 is 0 Å². The van der Waals surface area contributed by atoms with Gasteiger partial charge in [-0.1, -0.05) is 18.2 Å². The van der Waals surface area contributed by atoms with Gasteiger partial charge in [0.15, 0.2) is 0 Å². The molecule has 2 aliphatic rings. The van der Waals surface area contributed by atoms with Gasteiger partial charge in [0.1, 0.15) is 0 Å². The minimum Gasteiger partial charge on any atom is -0.381 e. The molecule has 0 aliphatic carbocycles. The number of nitrogens with zero attached hydrogens (tertiary/aromatic N) is 1. The first-order valence-electron chi connectivity index (χ1n) is 5.94. The van der Waals surface area contributed by atoms with E-state index in [1.807, 2.05) is 0 Å². The molecular formula is C13H18N2O. The number of fused-ring (bicyclic) bond motifs is 2. The van der Waals surface area contributed by atoms with Crippen LogP contribution < -0.4 is 10.6 Å². The Morgan fingerprint density at radius 2 is 2.19 bits per heavy atom. The molecule has 1 aromatic carbocycles. The van der Waals surface area contributed by atoms with Gasteiger partial charge in [-0.15, -0.1) is 0 Å². The Kier molecular flexibility index (Phi) is 2.37. The van der Waals surface area contributed by atoms with Crippen LogP contribution in [0, 0.1) is 5.92 Å². The Hall–Kier alpha value is -1.06. The predicted octanol–water partition coefficient (Wildman–Crippen LogP) is 1.54. The van der Waals surface area contributed by atoms with Crippen LogP contribution in [0.15, 0.2) is 24.3 Å². The van der Waals surface area contributed by atoms with Crippen LogP contribution in [0.1, 0.15) is 18.0 Å². The fourth-order valence-corrected chi connectivity index (χ4v) is 3.07. The number of ether oxygens (including phenoxy) is 1. The van der Waals surface area contributed by atoms with Crippen LogP contribution in [0.2, 0.25) is 0 Å². The summed E-state index contributed by atoms with van der Waals surface area (Å²) < 4.78 is 5.57. The van der Waals surface area contributed by atoms with Gasteiger partial charge < -0.3 is 15.4 Å². The molecule has 0 radical (unpaired) electrons. The molecule has 3 atom stereocenters. The van der Waals surface area contributed by atoms with Gasteiger partial charge in [-0.2, -0.15) is 0 Å². The van der Waals surface area contributed by atoms with Crippen LogP contribution in [-0.2, 0) is 4.74 Å². The Balaban J connectivity index is 2.05. The molecule has 16 heavy (non-hydrogen) atoms. The fourth-order valence-electron chi connectivity index (χ4n) is 3.07. The molecule has 1 fully saturated rings. The summed E-state index contributed by atoms with van der Waals surface area (Å²) in [5, 5.41) is 0. The van der Waals surface area contributed by atoms with Gasteiger partial charge in [0.05, 0.1) is 6.61 Å². The summed E-state index contributed by atoms with van der Waals surface area (Å²) in [6, 6.07) is 9.12. The zero-order valence-electron chi connectivity index (χ0n) is 9.60. The monoisotopic (exact) mass is 218 g/mol. The van der Waals surface area contributed by atoms with E-state index in [1.165, 1.54) is 11.3 Å². The minimum absolute atomic E-state index is 0.123. The zero-order valence-corrected chi connectivity index (χ0v) is 9.60. The van der Waals surface area contributed by atoms with Gasteiger partial charge >= 0.3 is 0 Å². The zero-order chi connectivity index (χ0) is 11.1. The van der Waals surface area contributed by atoms with Gasteiger partial charge in [0.25, 0.3) is 0 Å². The summed E-state index contributed by atoms with van der Waals surface area (Å²) in [6.07, 6.45) is 1.09. The maximum atomic E-state index is 6.36. The van der Waals surface area contributed by atoms with Gasteiger partial charge in [-0.05, 0) is 18.1 Å². The Bertz CT molecular complexity index is 356. The third-order valence-corrected chi connectivity index (χ3v) is 4.00. The summed E-state index contributed by atoms with van der Waals surface area (Å²) >= 11 is 0. The van der Waals surface area contributed by atoms with Crippen molar-refractivity contribution in [2.24, 2.45) is 11.7 Å². The van der Waals surface area contributed by atoms with E-state index in [2.05, 4.69) is 36.2 Å². The molecule has 3 nitrogen and oxygen atoms in total. The fraction of sp³-hybridized carbons (Fsp3) is 0.538. The van der Waals surface area contributed by atoms with Gasteiger partial charge in [0.2, 0.25) is 0 Å². The number of rotatable bonds is 0. The van der Waals surface area contributed by atoms with Crippen molar-refractivity contribution in [3.63, 3.8) is 0 Å². The van der Waals surface area contributed by atoms with E-state index in [9.17, 15) is 0 Å². The average molecular weight is 218 g/mol. The molecule has 2 N–H and O–H groups in total. The van der Waals surface area contributed by atoms with E-state index < -0.39 is 0 Å². The number of para-hydroxylation sites is 1. The highest BCUT2D eigenvalue weighted by atomic mass is 16.5. The van der Waals surface area contributed by atoms with Crippen molar-refractivity contribution >= 4 is 5.69 Å². The molecule has 2 aliphatic heterocycles. The minimum atomic E-state index is 0.123. The largest absolute Gasteiger partial charge is 0.381 e. The van der Waals surface area contributed by atoms with E-state index in [1.54, 1.807) is 0 Å². The first kappa shape index (κ1) is 10.1. The molecule has 3 unspecified atom stereocenters. The lowest BCUT2D eigenvalue weighted by Crippen LogP contribution is -2.51. The standard InChI is InChI=1S/C13H18N2O/c1-15-11-5-3-2-4-9(11)13(14)10-8-16-7-6-12(10)15/h2-5,10,12-13H,6-8,14H2,1H3. The molecule has 3 rings (SSSR count). The van der Waals surface area contributed by atoms with Crippen molar-refractivity contribution in [3.05, 3.63) is 29.8 Å². The van der Waals surface area contributed by atoms with Gasteiger partial charge in [-0.25, -0.2) is 0 Å². The van der Waals surface area contributed by atoms with Crippen LogP contribution >= 0.6 is 0 Å². The van der Waals surface area contributed by atoms with Crippen molar-refractivity contribution in [1.29, 1.82) is 0 Å². The molecule has 0 amide bonds. The van der Waals surface area contributed by atoms with Crippen molar-refractivity contribution in [2.75, 3.05) is 25.2 Å². The quantitative estimate of drug-likeness (QED) is 0.718. The second-order valence-corrected chi connectivity index (χ2v) is 4.79. The molecule has 0 spiro atoms. The second-order valence-electron chi connectivity index (χ2n) is 4.79. The Morgan fingerprint density at radius 3 is 3.06 bits per heavy atom. The molecule has 0 saturated carbocycles. The molecule has 3 heteroatoms. The summed E-state index contributed by atoms with van der Waals surface area (Å²) in [5.74, 6) is 0.439. The summed E-state index contributed by atoms with van der Waals surface area (Å²) in [7, 11) is 2.17. The first-order chi connectivity index (χ1) is 7.79. The molecule has 1 aromatic rings. The highest BCUT2D eigenvalue weighted by molar-refractivity contribution is 5.58. The average Bonchev–Trinajstić information content (AvgIpc) is 2.36. The predicted molar refractivity (Wildman–Crippen MR) is 64.5 cm³/mol. The van der Waals surface area contributed by atoms with Crippen LogP contribution in [0.5, 0.6) is 0 Å². The highest BCUT2D eigenvalue weighted by Gasteiger charge is 2.39. The maximum absolute atomic E-state index is 6.36. The Morgan fingerprint density at radius 1 is 1.38 bits per heavy atom. The number of hydrogen-bond donors (Lipinski definition) is 1. The van der Waals surface area contributed by atoms with Crippen LogP contribution in [-0.4, -0.2) is 26.3 Å². The van der Waals surface area contributed by atoms with Crippen molar-refractivity contribution in [2.45, 2.75) is 18.5 Å². The lowest BCUT2D eigenvalue weighted by Gasteiger charge is -2.47. The molecule has 0 aromatic heterocycles. The topological polar surface area (TPSA) is 38.5 Å². The normalized spacial score (nSPS) is 33.1. The Labute approximate surface area is 96.2 Å². The second kappa shape index (κ2) is 3.75. The highest BCUT2D eigenvalue weighted by Crippen LogP contribution is 2.41. The SMILES string of the molecule is CN1c2ccccc2C(N)C2COCCC21. The summed E-state index contributed by atoms with van der Waals surface area (Å²) in [6.45, 7) is 1.66. The number of anilines is 1. The van der Waals surface area contributed by atoms with Crippen LogP contribution in [0.3, 0.4) is 0 Å². The number of benzene rings is 1. The van der Waals surface area contributed by atoms with E-state index in [4.69, 9.17) is 10.5 Å². The third kappa shape index (κ3) is 1.35. The maximum Gasteiger partial charge on any atom is 0.0532 e. The molecule has 2 heterocycles. The van der Waals surface area contributed by atoms with Crippen molar-refractivity contribution in [1.82, 2.24) is 0 Å². The molecule has 86 valence electrons. The van der Waals surface area contributed by atoms with E-state index in [-0.39, 0.29) is 6.04 Å². The number of nitrogens with two attached hydrogens (primary N) is 1. The molecular weight excluding hydrogens is 200 g/mol. The molecule has 0 bridgehead atoms. The smallest absolute Gasteiger partial charge is 0.0532 e. The lowest BCUT2D eigenvalue weighted by molar-refractivity contribution is 0.0272. The number of hydrogen-bond acceptors (Lipinski definition) is 3. The van der Waals surface area contributed by atoms with Crippen LogP contribution in [0.25, 0.3) is 0 Å². The third-order valence-electron chi connectivity index (χ3n) is 4.00. The van der Waals surface area contributed by atoms with Gasteiger partial charge in [-0.3, -0.25) is 0 Å².